The molecule has 1 rings (SSSR count). The summed E-state index contributed by atoms with van der Waals surface area (Å²) in [4.78, 5) is 22.4. The first kappa shape index (κ1) is 16.9. The molecule has 0 aliphatic rings. The van der Waals surface area contributed by atoms with Gasteiger partial charge in [0.25, 0.3) is 0 Å². The number of aromatic carboxylic acids is 1. The molecule has 0 spiro atoms. The van der Waals surface area contributed by atoms with Gasteiger partial charge in [-0.25, -0.2) is 14.0 Å². The molecule has 0 bridgehead atoms. The molecular formula is C15H21FN2O3. The van der Waals surface area contributed by atoms with E-state index in [2.05, 4.69) is 24.5 Å². The molecule has 5 nitrogen and oxygen atoms in total. The third kappa shape index (κ3) is 5.81. The summed E-state index contributed by atoms with van der Waals surface area (Å²) in [5.74, 6) is -1.44. The lowest BCUT2D eigenvalue weighted by molar-refractivity contribution is 0.0696. The second-order valence-corrected chi connectivity index (χ2v) is 5.47. The number of hydrogen-bond donors (Lipinski definition) is 3. The second-order valence-electron chi connectivity index (χ2n) is 5.47. The third-order valence-corrected chi connectivity index (χ3v) is 3.02. The van der Waals surface area contributed by atoms with E-state index < -0.39 is 17.8 Å². The highest BCUT2D eigenvalue weighted by Crippen LogP contribution is 2.16. The maximum Gasteiger partial charge on any atom is 0.335 e. The van der Waals surface area contributed by atoms with Crippen LogP contribution in [-0.2, 0) is 0 Å². The van der Waals surface area contributed by atoms with Gasteiger partial charge in [-0.2, -0.15) is 0 Å². The summed E-state index contributed by atoms with van der Waals surface area (Å²) in [5.41, 5.74) is -0.211. The standard InChI is InChI=1S/C15H21FN2O3/c1-9(2)4-5-10(3)17-15(21)18-13-7-6-11(14(19)20)8-12(13)16/h6-10H,4-5H2,1-3H3,(H,19,20)(H2,17,18,21). The summed E-state index contributed by atoms with van der Waals surface area (Å²) in [6.07, 6.45) is 1.83. The Morgan fingerprint density at radius 1 is 1.24 bits per heavy atom. The van der Waals surface area contributed by atoms with Crippen molar-refractivity contribution in [2.75, 3.05) is 5.32 Å². The molecule has 0 saturated heterocycles. The van der Waals surface area contributed by atoms with Gasteiger partial charge in [0.2, 0.25) is 0 Å². The van der Waals surface area contributed by atoms with Crippen LogP contribution in [0.3, 0.4) is 0 Å². The number of carboxylic acid groups (broad SMARTS) is 1. The van der Waals surface area contributed by atoms with Crippen molar-refractivity contribution in [1.29, 1.82) is 0 Å². The highest BCUT2D eigenvalue weighted by molar-refractivity contribution is 5.91. The normalized spacial score (nSPS) is 12.0. The molecule has 1 aromatic carbocycles. The van der Waals surface area contributed by atoms with E-state index in [0.29, 0.717) is 5.92 Å². The summed E-state index contributed by atoms with van der Waals surface area (Å²) >= 11 is 0. The van der Waals surface area contributed by atoms with E-state index in [1.807, 2.05) is 6.92 Å². The molecule has 3 N–H and O–H groups in total. The van der Waals surface area contributed by atoms with Crippen molar-refractivity contribution in [2.45, 2.75) is 39.7 Å². The molecule has 1 aromatic rings. The minimum atomic E-state index is -1.22. The number of hydrogen-bond acceptors (Lipinski definition) is 2. The van der Waals surface area contributed by atoms with Crippen molar-refractivity contribution in [3.8, 4) is 0 Å². The van der Waals surface area contributed by atoms with E-state index in [-0.39, 0.29) is 17.3 Å². The van der Waals surface area contributed by atoms with Gasteiger partial charge in [-0.05, 0) is 43.9 Å². The van der Waals surface area contributed by atoms with Crippen LogP contribution in [0.2, 0.25) is 0 Å². The van der Waals surface area contributed by atoms with Crippen LogP contribution in [0.4, 0.5) is 14.9 Å². The van der Waals surface area contributed by atoms with E-state index >= 15 is 0 Å². The molecule has 0 fully saturated rings. The molecule has 0 heterocycles. The van der Waals surface area contributed by atoms with Gasteiger partial charge in [0.15, 0.2) is 0 Å². The molecule has 0 aliphatic carbocycles. The van der Waals surface area contributed by atoms with Crippen molar-refractivity contribution in [1.82, 2.24) is 5.32 Å². The van der Waals surface area contributed by atoms with Gasteiger partial charge in [0.05, 0.1) is 11.3 Å². The fourth-order valence-electron chi connectivity index (χ4n) is 1.79. The Bertz CT molecular complexity index is 518. The topological polar surface area (TPSA) is 78.4 Å². The lowest BCUT2D eigenvalue weighted by atomic mass is 10.0. The molecular weight excluding hydrogens is 275 g/mol. The Hall–Kier alpha value is -2.11. The number of anilines is 1. The zero-order valence-electron chi connectivity index (χ0n) is 12.4. The van der Waals surface area contributed by atoms with E-state index in [0.717, 1.165) is 18.9 Å². The molecule has 6 heteroatoms. The van der Waals surface area contributed by atoms with Gasteiger partial charge >= 0.3 is 12.0 Å². The summed E-state index contributed by atoms with van der Waals surface area (Å²) in [6, 6.07) is 2.82. The maximum atomic E-state index is 13.7. The zero-order chi connectivity index (χ0) is 16.0. The molecule has 21 heavy (non-hydrogen) atoms. The Balaban J connectivity index is 2.57. The zero-order valence-corrected chi connectivity index (χ0v) is 12.4. The molecule has 0 aromatic heterocycles. The van der Waals surface area contributed by atoms with Crippen LogP contribution in [0, 0.1) is 11.7 Å². The quantitative estimate of drug-likeness (QED) is 0.752. The maximum absolute atomic E-state index is 13.7. The van der Waals surface area contributed by atoms with Gasteiger partial charge in [-0.1, -0.05) is 13.8 Å². The van der Waals surface area contributed by atoms with Gasteiger partial charge in [-0.3, -0.25) is 0 Å². The smallest absolute Gasteiger partial charge is 0.335 e. The number of halogens is 1. The van der Waals surface area contributed by atoms with Crippen LogP contribution in [0.15, 0.2) is 18.2 Å². The summed E-state index contributed by atoms with van der Waals surface area (Å²) < 4.78 is 13.7. The predicted molar refractivity (Wildman–Crippen MR) is 79.0 cm³/mol. The van der Waals surface area contributed by atoms with E-state index in [1.54, 1.807) is 0 Å². The van der Waals surface area contributed by atoms with Crippen LogP contribution < -0.4 is 10.6 Å². The molecule has 0 saturated carbocycles. The minimum Gasteiger partial charge on any atom is -0.478 e. The number of carbonyl (C=O) groups is 2. The SMILES string of the molecule is CC(C)CCC(C)NC(=O)Nc1ccc(C(=O)O)cc1F. The van der Waals surface area contributed by atoms with Gasteiger partial charge in [0.1, 0.15) is 5.82 Å². The lowest BCUT2D eigenvalue weighted by Gasteiger charge is -2.16. The Labute approximate surface area is 123 Å². The van der Waals surface area contributed by atoms with Crippen molar-refractivity contribution >= 4 is 17.7 Å². The predicted octanol–water partition coefficient (Wildman–Crippen LogP) is 3.47. The van der Waals surface area contributed by atoms with Crippen LogP contribution in [-0.4, -0.2) is 23.1 Å². The monoisotopic (exact) mass is 296 g/mol. The summed E-state index contributed by atoms with van der Waals surface area (Å²) in [7, 11) is 0. The van der Waals surface area contributed by atoms with Crippen LogP contribution in [0.25, 0.3) is 0 Å². The van der Waals surface area contributed by atoms with Crippen LogP contribution in [0.5, 0.6) is 0 Å². The molecule has 0 aliphatic heterocycles. The number of urea groups is 1. The number of carboxylic acids is 1. The van der Waals surface area contributed by atoms with Crippen LogP contribution in [0.1, 0.15) is 44.0 Å². The first-order valence-corrected chi connectivity index (χ1v) is 6.90. The van der Waals surface area contributed by atoms with E-state index in [4.69, 9.17) is 5.11 Å². The minimum absolute atomic E-state index is 0.0197. The van der Waals surface area contributed by atoms with Crippen molar-refractivity contribution in [2.24, 2.45) is 5.92 Å². The average Bonchev–Trinajstić information content (AvgIpc) is 2.38. The Morgan fingerprint density at radius 3 is 2.43 bits per heavy atom. The fourth-order valence-corrected chi connectivity index (χ4v) is 1.79. The largest absolute Gasteiger partial charge is 0.478 e. The number of nitrogens with one attached hydrogen (secondary N) is 2. The molecule has 0 radical (unpaired) electrons. The molecule has 116 valence electrons. The number of amides is 2. The third-order valence-electron chi connectivity index (χ3n) is 3.02. The Kier molecular flexibility index (Phi) is 6.14. The number of rotatable bonds is 6. The van der Waals surface area contributed by atoms with Crippen molar-refractivity contribution in [3.63, 3.8) is 0 Å². The van der Waals surface area contributed by atoms with Gasteiger partial charge < -0.3 is 15.7 Å². The highest BCUT2D eigenvalue weighted by Gasteiger charge is 2.12. The first-order valence-electron chi connectivity index (χ1n) is 6.90. The average molecular weight is 296 g/mol. The van der Waals surface area contributed by atoms with E-state index in [9.17, 15) is 14.0 Å². The number of carbonyl (C=O) groups excluding carboxylic acids is 1. The second kappa shape index (κ2) is 7.61. The molecule has 1 unspecified atom stereocenters. The molecule has 2 amide bonds. The van der Waals surface area contributed by atoms with Gasteiger partial charge in [0, 0.05) is 6.04 Å². The van der Waals surface area contributed by atoms with Crippen molar-refractivity contribution in [3.05, 3.63) is 29.6 Å². The van der Waals surface area contributed by atoms with Crippen molar-refractivity contribution < 1.29 is 19.1 Å². The fraction of sp³-hybridized carbons (Fsp3) is 0.467. The first-order chi connectivity index (χ1) is 9.79. The highest BCUT2D eigenvalue weighted by atomic mass is 19.1. The van der Waals surface area contributed by atoms with Gasteiger partial charge in [-0.15, -0.1) is 0 Å². The van der Waals surface area contributed by atoms with E-state index in [1.165, 1.54) is 12.1 Å². The molecule has 1 atom stereocenters. The number of benzene rings is 1. The van der Waals surface area contributed by atoms with Crippen LogP contribution >= 0.6 is 0 Å². The lowest BCUT2D eigenvalue weighted by Crippen LogP contribution is -2.36. The Morgan fingerprint density at radius 2 is 1.90 bits per heavy atom. The summed E-state index contributed by atoms with van der Waals surface area (Å²) in [5, 5.41) is 13.8. The summed E-state index contributed by atoms with van der Waals surface area (Å²) in [6.45, 7) is 6.09.